The highest BCUT2D eigenvalue weighted by molar-refractivity contribution is 7.09. The molecule has 0 aliphatic rings. The fraction of sp³-hybridized carbons (Fsp3) is 0.0952. The molecule has 0 radical (unpaired) electrons. The van der Waals surface area contributed by atoms with Crippen LogP contribution >= 0.6 is 11.3 Å². The van der Waals surface area contributed by atoms with Gasteiger partial charge in [0.15, 0.2) is 5.82 Å². The van der Waals surface area contributed by atoms with Crippen LogP contribution in [-0.2, 0) is 6.54 Å². The number of nitrogens with zero attached hydrogens (tertiary/aromatic N) is 4. The third kappa shape index (κ3) is 4.11. The molecule has 0 atom stereocenters. The average Bonchev–Trinajstić information content (AvgIpc) is 3.42. The number of hydrogen-bond acceptors (Lipinski definition) is 7. The maximum Gasteiger partial charge on any atom is 0.281 e. The summed E-state index contributed by atoms with van der Waals surface area (Å²) >= 11 is 1.59. The molecule has 0 fully saturated rings. The first-order valence-electron chi connectivity index (χ1n) is 9.11. The van der Waals surface area contributed by atoms with Crippen molar-refractivity contribution < 1.29 is 9.72 Å². The van der Waals surface area contributed by atoms with E-state index in [2.05, 4.69) is 15.4 Å². The van der Waals surface area contributed by atoms with Gasteiger partial charge in [0.05, 0.1) is 11.5 Å². The average molecular weight is 419 g/mol. The largest absolute Gasteiger partial charge is 0.349 e. The van der Waals surface area contributed by atoms with E-state index >= 15 is 0 Å². The van der Waals surface area contributed by atoms with Gasteiger partial charge in [-0.15, -0.1) is 16.4 Å². The molecule has 9 heteroatoms. The molecule has 2 heterocycles. The number of carbonyl (C=O) groups is 1. The molecule has 8 nitrogen and oxygen atoms in total. The van der Waals surface area contributed by atoms with E-state index in [9.17, 15) is 14.9 Å². The Labute approximate surface area is 176 Å². The predicted molar refractivity (Wildman–Crippen MR) is 115 cm³/mol. The molecular weight excluding hydrogens is 402 g/mol. The fourth-order valence-corrected chi connectivity index (χ4v) is 3.46. The molecule has 4 rings (SSSR count). The van der Waals surface area contributed by atoms with E-state index in [0.29, 0.717) is 18.3 Å². The van der Waals surface area contributed by atoms with Gasteiger partial charge in [0.2, 0.25) is 5.95 Å². The minimum atomic E-state index is -0.507. The minimum Gasteiger partial charge on any atom is -0.349 e. The van der Waals surface area contributed by atoms with Crippen LogP contribution in [0, 0.1) is 17.0 Å². The second-order valence-corrected chi connectivity index (χ2v) is 7.61. The quantitative estimate of drug-likeness (QED) is 0.364. The number of nitrogens with one attached hydrogen (secondary N) is 1. The summed E-state index contributed by atoms with van der Waals surface area (Å²) in [5.41, 5.74) is 2.09. The third-order valence-corrected chi connectivity index (χ3v) is 5.31. The summed E-state index contributed by atoms with van der Waals surface area (Å²) in [6, 6.07) is 17.0. The molecule has 0 unspecified atom stereocenters. The molecule has 2 aromatic heterocycles. The summed E-state index contributed by atoms with van der Waals surface area (Å²) in [5, 5.41) is 20.4. The Balaban J connectivity index is 1.68. The summed E-state index contributed by atoms with van der Waals surface area (Å²) < 4.78 is 1.20. The van der Waals surface area contributed by atoms with Crippen LogP contribution in [0.5, 0.6) is 0 Å². The van der Waals surface area contributed by atoms with Crippen molar-refractivity contribution in [3.63, 3.8) is 0 Å². The summed E-state index contributed by atoms with van der Waals surface area (Å²) in [7, 11) is 0. The lowest BCUT2D eigenvalue weighted by atomic mass is 10.1. The lowest BCUT2D eigenvalue weighted by Crippen LogP contribution is -2.17. The lowest BCUT2D eigenvalue weighted by molar-refractivity contribution is -0.384. The maximum atomic E-state index is 13.1. The summed E-state index contributed by atoms with van der Waals surface area (Å²) in [6.45, 7) is 2.49. The van der Waals surface area contributed by atoms with Crippen molar-refractivity contribution in [2.75, 3.05) is 5.32 Å². The summed E-state index contributed by atoms with van der Waals surface area (Å²) in [4.78, 5) is 29.0. The number of non-ortho nitro benzene ring substituents is 1. The zero-order valence-corrected chi connectivity index (χ0v) is 16.8. The van der Waals surface area contributed by atoms with Crippen molar-refractivity contribution in [1.29, 1.82) is 0 Å². The number of hydrogen-bond donors (Lipinski definition) is 1. The van der Waals surface area contributed by atoms with Gasteiger partial charge in [-0.1, -0.05) is 35.9 Å². The molecule has 4 aromatic rings. The van der Waals surface area contributed by atoms with Gasteiger partial charge in [0.25, 0.3) is 11.6 Å². The van der Waals surface area contributed by atoms with Crippen LogP contribution in [-0.4, -0.2) is 25.6 Å². The molecule has 2 aromatic carbocycles. The van der Waals surface area contributed by atoms with E-state index in [0.717, 1.165) is 16.0 Å². The number of nitro benzene ring substituents is 1. The number of nitro groups is 1. The molecule has 0 bridgehead atoms. The van der Waals surface area contributed by atoms with Crippen LogP contribution in [0.25, 0.3) is 11.4 Å². The Bertz CT molecular complexity index is 1180. The van der Waals surface area contributed by atoms with Gasteiger partial charge in [-0.2, -0.15) is 9.67 Å². The number of benzene rings is 2. The Morgan fingerprint density at radius 1 is 1.13 bits per heavy atom. The van der Waals surface area contributed by atoms with E-state index in [-0.39, 0.29) is 11.3 Å². The number of aryl methyl sites for hydroxylation is 1. The van der Waals surface area contributed by atoms with Gasteiger partial charge in [-0.3, -0.25) is 14.9 Å². The van der Waals surface area contributed by atoms with Crippen LogP contribution in [0.3, 0.4) is 0 Å². The molecule has 0 saturated carbocycles. The smallest absolute Gasteiger partial charge is 0.281 e. The van der Waals surface area contributed by atoms with Gasteiger partial charge in [-0.25, -0.2) is 0 Å². The normalized spacial score (nSPS) is 10.7. The van der Waals surface area contributed by atoms with E-state index in [1.807, 2.05) is 48.7 Å². The second kappa shape index (κ2) is 8.26. The Kier molecular flexibility index (Phi) is 5.36. The third-order valence-electron chi connectivity index (χ3n) is 4.44. The number of aromatic nitrogens is 3. The fourth-order valence-electron chi connectivity index (χ4n) is 2.82. The van der Waals surface area contributed by atoms with Crippen LogP contribution < -0.4 is 5.32 Å². The van der Waals surface area contributed by atoms with Crippen LogP contribution in [0.15, 0.2) is 66.0 Å². The second-order valence-electron chi connectivity index (χ2n) is 6.58. The van der Waals surface area contributed by atoms with Gasteiger partial charge in [0, 0.05) is 28.1 Å². The van der Waals surface area contributed by atoms with Crippen LogP contribution in [0.4, 0.5) is 11.6 Å². The SMILES string of the molecule is Cc1ccc(-c2nc(NCc3cccs3)n(C(=O)c3ccc([N+](=O)[O-])cc3)n2)cc1. The first-order valence-corrected chi connectivity index (χ1v) is 9.99. The summed E-state index contributed by atoms with van der Waals surface area (Å²) in [6.07, 6.45) is 0. The van der Waals surface area contributed by atoms with Crippen molar-refractivity contribution in [3.05, 3.63) is 92.2 Å². The zero-order chi connectivity index (χ0) is 21.1. The van der Waals surface area contributed by atoms with Crippen molar-refractivity contribution >= 4 is 28.9 Å². The molecule has 0 amide bonds. The Hall–Kier alpha value is -3.85. The topological polar surface area (TPSA) is 103 Å². The van der Waals surface area contributed by atoms with E-state index in [1.165, 1.54) is 28.9 Å². The summed E-state index contributed by atoms with van der Waals surface area (Å²) in [5.74, 6) is 0.297. The number of thiophene rings is 1. The standard InChI is InChI=1S/C21H17N5O3S/c1-14-4-6-15(7-5-14)19-23-21(22-13-18-3-2-12-30-18)25(24-19)20(27)16-8-10-17(11-9-16)26(28)29/h2-12H,13H2,1H3,(H,22,23,24). The number of rotatable bonds is 6. The van der Waals surface area contributed by atoms with Crippen molar-refractivity contribution in [3.8, 4) is 11.4 Å². The first kappa shape index (κ1) is 19.5. The molecule has 150 valence electrons. The zero-order valence-electron chi connectivity index (χ0n) is 16.0. The molecule has 0 saturated heterocycles. The highest BCUT2D eigenvalue weighted by Crippen LogP contribution is 2.21. The van der Waals surface area contributed by atoms with Gasteiger partial charge in [-0.05, 0) is 30.5 Å². The Morgan fingerprint density at radius 3 is 2.50 bits per heavy atom. The van der Waals surface area contributed by atoms with Crippen molar-refractivity contribution in [1.82, 2.24) is 14.8 Å². The van der Waals surface area contributed by atoms with Crippen molar-refractivity contribution in [2.24, 2.45) is 0 Å². The van der Waals surface area contributed by atoms with E-state index < -0.39 is 10.8 Å². The molecule has 0 spiro atoms. The number of anilines is 1. The van der Waals surface area contributed by atoms with Gasteiger partial charge in [0.1, 0.15) is 0 Å². The predicted octanol–water partition coefficient (Wildman–Crippen LogP) is 4.52. The number of carbonyl (C=O) groups excluding carboxylic acids is 1. The molecule has 30 heavy (non-hydrogen) atoms. The lowest BCUT2D eigenvalue weighted by Gasteiger charge is -2.06. The van der Waals surface area contributed by atoms with Gasteiger partial charge < -0.3 is 5.32 Å². The maximum absolute atomic E-state index is 13.1. The molecule has 1 N–H and O–H groups in total. The molecule has 0 aliphatic heterocycles. The van der Waals surface area contributed by atoms with Crippen molar-refractivity contribution in [2.45, 2.75) is 13.5 Å². The van der Waals surface area contributed by atoms with Crippen LogP contribution in [0.2, 0.25) is 0 Å². The van der Waals surface area contributed by atoms with Gasteiger partial charge >= 0.3 is 0 Å². The highest BCUT2D eigenvalue weighted by Gasteiger charge is 2.19. The molecular formula is C21H17N5O3S. The van der Waals surface area contributed by atoms with Crippen LogP contribution in [0.1, 0.15) is 20.8 Å². The minimum absolute atomic E-state index is 0.0819. The Morgan fingerprint density at radius 2 is 1.87 bits per heavy atom. The van der Waals surface area contributed by atoms with E-state index in [1.54, 1.807) is 11.3 Å². The first-order chi connectivity index (χ1) is 14.5. The van der Waals surface area contributed by atoms with E-state index in [4.69, 9.17) is 0 Å². The highest BCUT2D eigenvalue weighted by atomic mass is 32.1. The molecule has 0 aliphatic carbocycles. The monoisotopic (exact) mass is 419 g/mol.